The summed E-state index contributed by atoms with van der Waals surface area (Å²) in [5, 5.41) is 0.851. The maximum atomic E-state index is 6.36. The van der Waals surface area contributed by atoms with Gasteiger partial charge in [-0.15, -0.1) is 0 Å². The Morgan fingerprint density at radius 1 is 1.10 bits per heavy atom. The summed E-state index contributed by atoms with van der Waals surface area (Å²) in [5.41, 5.74) is 7.91. The predicted octanol–water partition coefficient (Wildman–Crippen LogP) is 4.00. The zero-order valence-electron chi connectivity index (χ0n) is 12.2. The molecule has 2 fully saturated rings. The molecule has 1 aromatic carbocycles. The molecule has 3 heteroatoms. The van der Waals surface area contributed by atoms with Crippen LogP contribution in [0.25, 0.3) is 0 Å². The van der Waals surface area contributed by atoms with Crippen molar-refractivity contribution < 1.29 is 0 Å². The fraction of sp³-hybridized carbons (Fsp3) is 0.647. The summed E-state index contributed by atoms with van der Waals surface area (Å²) in [5.74, 6) is 0. The molecule has 110 valence electrons. The molecule has 20 heavy (non-hydrogen) atoms. The third-order valence-corrected chi connectivity index (χ3v) is 5.80. The SMILES string of the molecule is NCC(c1ccccc1Cl)N1CCC2(CCCC2)CC1. The van der Waals surface area contributed by atoms with E-state index in [0.717, 1.165) is 5.02 Å². The zero-order valence-corrected chi connectivity index (χ0v) is 12.9. The number of hydrogen-bond acceptors (Lipinski definition) is 2. The van der Waals surface area contributed by atoms with E-state index in [2.05, 4.69) is 17.0 Å². The molecule has 1 saturated heterocycles. The van der Waals surface area contributed by atoms with Crippen LogP contribution in [0.15, 0.2) is 24.3 Å². The molecular weight excluding hydrogens is 268 g/mol. The van der Waals surface area contributed by atoms with E-state index in [1.165, 1.54) is 57.2 Å². The molecule has 2 N–H and O–H groups in total. The number of likely N-dealkylation sites (tertiary alicyclic amines) is 1. The normalized spacial score (nSPS) is 24.1. The Morgan fingerprint density at radius 2 is 1.75 bits per heavy atom. The third kappa shape index (κ3) is 2.74. The lowest BCUT2D eigenvalue weighted by molar-refractivity contribution is 0.0780. The van der Waals surface area contributed by atoms with Crippen LogP contribution in [0.1, 0.15) is 50.1 Å². The Balaban J connectivity index is 1.71. The van der Waals surface area contributed by atoms with Crippen molar-refractivity contribution in [3.05, 3.63) is 34.9 Å². The van der Waals surface area contributed by atoms with Crippen LogP contribution in [0.4, 0.5) is 0 Å². The molecule has 1 heterocycles. The van der Waals surface area contributed by atoms with Crippen molar-refractivity contribution in [2.45, 2.75) is 44.6 Å². The standard InChI is InChI=1S/C17H25ClN2/c18-15-6-2-1-5-14(15)16(13-19)20-11-9-17(10-12-20)7-3-4-8-17/h1-2,5-6,16H,3-4,7-13,19H2. The Kier molecular flexibility index (Phi) is 4.34. The summed E-state index contributed by atoms with van der Waals surface area (Å²) < 4.78 is 0. The second-order valence-corrected chi connectivity index (χ2v) is 6.92. The minimum atomic E-state index is 0.280. The van der Waals surface area contributed by atoms with Crippen LogP contribution < -0.4 is 5.73 Å². The van der Waals surface area contributed by atoms with E-state index < -0.39 is 0 Å². The van der Waals surface area contributed by atoms with E-state index in [4.69, 9.17) is 17.3 Å². The van der Waals surface area contributed by atoms with Gasteiger partial charge >= 0.3 is 0 Å². The van der Waals surface area contributed by atoms with Crippen LogP contribution in [0.3, 0.4) is 0 Å². The van der Waals surface area contributed by atoms with Gasteiger partial charge in [-0.05, 0) is 55.8 Å². The number of nitrogens with two attached hydrogens (primary N) is 1. The van der Waals surface area contributed by atoms with Crippen LogP contribution in [0, 0.1) is 5.41 Å². The van der Waals surface area contributed by atoms with Gasteiger partial charge in [-0.2, -0.15) is 0 Å². The first-order chi connectivity index (χ1) is 9.74. The third-order valence-electron chi connectivity index (χ3n) is 5.45. The van der Waals surface area contributed by atoms with Crippen molar-refractivity contribution >= 4 is 11.6 Å². The Bertz CT molecular complexity index is 444. The van der Waals surface area contributed by atoms with Crippen LogP contribution in [0.2, 0.25) is 5.02 Å². The molecule has 1 spiro atoms. The first kappa shape index (κ1) is 14.4. The minimum Gasteiger partial charge on any atom is -0.329 e. The molecule has 2 aliphatic rings. The lowest BCUT2D eigenvalue weighted by atomic mass is 9.76. The van der Waals surface area contributed by atoms with Gasteiger partial charge in [0.05, 0.1) is 0 Å². The molecule has 2 nitrogen and oxygen atoms in total. The van der Waals surface area contributed by atoms with Crippen molar-refractivity contribution in [2.24, 2.45) is 11.1 Å². The van der Waals surface area contributed by atoms with Gasteiger partial charge in [0.2, 0.25) is 0 Å². The highest BCUT2D eigenvalue weighted by Gasteiger charge is 2.38. The maximum Gasteiger partial charge on any atom is 0.0485 e. The Morgan fingerprint density at radius 3 is 2.35 bits per heavy atom. The molecule has 1 unspecified atom stereocenters. The van der Waals surface area contributed by atoms with Crippen molar-refractivity contribution in [1.29, 1.82) is 0 Å². The first-order valence-corrected chi connectivity index (χ1v) is 8.30. The number of piperidine rings is 1. The van der Waals surface area contributed by atoms with E-state index in [0.29, 0.717) is 12.0 Å². The molecule has 0 bridgehead atoms. The number of halogens is 1. The second kappa shape index (κ2) is 6.05. The lowest BCUT2D eigenvalue weighted by Crippen LogP contribution is -2.43. The van der Waals surface area contributed by atoms with Crippen molar-refractivity contribution in [2.75, 3.05) is 19.6 Å². The predicted molar refractivity (Wildman–Crippen MR) is 85.0 cm³/mol. The zero-order chi connectivity index (χ0) is 14.0. The molecular formula is C17H25ClN2. The highest BCUT2D eigenvalue weighted by molar-refractivity contribution is 6.31. The van der Waals surface area contributed by atoms with E-state index in [1.807, 2.05) is 12.1 Å². The van der Waals surface area contributed by atoms with Gasteiger partial charge in [0, 0.05) is 17.6 Å². The number of hydrogen-bond donors (Lipinski definition) is 1. The summed E-state index contributed by atoms with van der Waals surface area (Å²) in [7, 11) is 0. The summed E-state index contributed by atoms with van der Waals surface area (Å²) in [6.45, 7) is 3.00. The van der Waals surface area contributed by atoms with Gasteiger partial charge in [0.15, 0.2) is 0 Å². The van der Waals surface area contributed by atoms with E-state index >= 15 is 0 Å². The average molecular weight is 293 g/mol. The maximum absolute atomic E-state index is 6.36. The molecule has 1 saturated carbocycles. The summed E-state index contributed by atoms with van der Waals surface area (Å²) in [4.78, 5) is 2.55. The molecule has 0 amide bonds. The fourth-order valence-corrected chi connectivity index (χ4v) is 4.41. The molecule has 1 aliphatic carbocycles. The highest BCUT2D eigenvalue weighted by Crippen LogP contribution is 2.47. The van der Waals surface area contributed by atoms with Crippen molar-refractivity contribution in [3.63, 3.8) is 0 Å². The van der Waals surface area contributed by atoms with Gasteiger partial charge in [-0.3, -0.25) is 4.90 Å². The van der Waals surface area contributed by atoms with E-state index in [-0.39, 0.29) is 6.04 Å². The van der Waals surface area contributed by atoms with Gasteiger partial charge in [0.1, 0.15) is 0 Å². The van der Waals surface area contributed by atoms with Crippen molar-refractivity contribution in [1.82, 2.24) is 4.90 Å². The number of rotatable bonds is 3. The quantitative estimate of drug-likeness (QED) is 0.912. The largest absolute Gasteiger partial charge is 0.329 e. The van der Waals surface area contributed by atoms with Crippen LogP contribution in [-0.4, -0.2) is 24.5 Å². The Hall–Kier alpha value is -0.570. The van der Waals surface area contributed by atoms with Gasteiger partial charge in [0.25, 0.3) is 0 Å². The Labute approximate surface area is 127 Å². The van der Waals surface area contributed by atoms with Crippen LogP contribution in [0.5, 0.6) is 0 Å². The molecule has 1 aromatic rings. The smallest absolute Gasteiger partial charge is 0.0485 e. The monoisotopic (exact) mass is 292 g/mol. The first-order valence-electron chi connectivity index (χ1n) is 7.93. The van der Waals surface area contributed by atoms with E-state index in [9.17, 15) is 0 Å². The fourth-order valence-electron chi connectivity index (χ4n) is 4.15. The summed E-state index contributed by atoms with van der Waals surface area (Å²) >= 11 is 6.36. The highest BCUT2D eigenvalue weighted by atomic mass is 35.5. The lowest BCUT2D eigenvalue weighted by Gasteiger charge is -2.42. The molecule has 1 atom stereocenters. The minimum absolute atomic E-state index is 0.280. The number of nitrogens with zero attached hydrogens (tertiary/aromatic N) is 1. The van der Waals surface area contributed by atoms with Gasteiger partial charge in [-0.25, -0.2) is 0 Å². The summed E-state index contributed by atoms with van der Waals surface area (Å²) in [6, 6.07) is 8.43. The number of benzene rings is 1. The van der Waals surface area contributed by atoms with Crippen molar-refractivity contribution in [3.8, 4) is 0 Å². The molecule has 0 aromatic heterocycles. The topological polar surface area (TPSA) is 29.3 Å². The second-order valence-electron chi connectivity index (χ2n) is 6.52. The van der Waals surface area contributed by atoms with Crippen LogP contribution in [-0.2, 0) is 0 Å². The van der Waals surface area contributed by atoms with Gasteiger partial charge < -0.3 is 5.73 Å². The van der Waals surface area contributed by atoms with Gasteiger partial charge in [-0.1, -0.05) is 42.6 Å². The van der Waals surface area contributed by atoms with E-state index in [1.54, 1.807) is 0 Å². The molecule has 3 rings (SSSR count). The summed E-state index contributed by atoms with van der Waals surface area (Å²) in [6.07, 6.45) is 8.44. The molecule has 1 aliphatic heterocycles. The van der Waals surface area contributed by atoms with Crippen LogP contribution >= 0.6 is 11.6 Å². The molecule has 0 radical (unpaired) electrons. The average Bonchev–Trinajstić information content (AvgIpc) is 2.92.